The summed E-state index contributed by atoms with van der Waals surface area (Å²) in [5, 5.41) is 5.94. The smallest absolute Gasteiger partial charge is 0.236 e. The molecule has 0 atom stereocenters. The molecule has 2 amide bonds. The van der Waals surface area contributed by atoms with Crippen molar-refractivity contribution < 1.29 is 9.59 Å². The Balaban J connectivity index is 1.84. The number of rotatable bonds is 5. The first-order valence-corrected chi connectivity index (χ1v) is 7.01. The van der Waals surface area contributed by atoms with Crippen molar-refractivity contribution in [3.63, 3.8) is 0 Å². The average Bonchev–Trinajstić information content (AvgIpc) is 2.94. The Labute approximate surface area is 119 Å². The van der Waals surface area contributed by atoms with Gasteiger partial charge in [-0.05, 0) is 24.5 Å². The van der Waals surface area contributed by atoms with E-state index in [2.05, 4.69) is 10.6 Å². The second-order valence-corrected chi connectivity index (χ2v) is 5.03. The van der Waals surface area contributed by atoms with Crippen molar-refractivity contribution in [2.75, 3.05) is 25.0 Å². The molecular weight excluding hydrogens is 254 g/mol. The van der Waals surface area contributed by atoms with Crippen molar-refractivity contribution in [1.29, 1.82) is 0 Å². The SMILES string of the molecule is CC(=O)Nc1ccccc1CNCC(=O)N1CCCC1. The van der Waals surface area contributed by atoms with Gasteiger partial charge in [-0.2, -0.15) is 0 Å². The monoisotopic (exact) mass is 275 g/mol. The van der Waals surface area contributed by atoms with Gasteiger partial charge in [-0.1, -0.05) is 18.2 Å². The molecule has 5 nitrogen and oxygen atoms in total. The fraction of sp³-hybridized carbons (Fsp3) is 0.467. The lowest BCUT2D eigenvalue weighted by atomic mass is 10.1. The molecule has 0 aliphatic carbocycles. The van der Waals surface area contributed by atoms with Crippen LogP contribution < -0.4 is 10.6 Å². The third-order valence-corrected chi connectivity index (χ3v) is 3.38. The molecule has 1 saturated heterocycles. The van der Waals surface area contributed by atoms with Gasteiger partial charge in [-0.15, -0.1) is 0 Å². The Morgan fingerprint density at radius 1 is 1.20 bits per heavy atom. The molecule has 5 heteroatoms. The molecule has 0 bridgehead atoms. The van der Waals surface area contributed by atoms with Gasteiger partial charge in [-0.3, -0.25) is 9.59 Å². The van der Waals surface area contributed by atoms with Gasteiger partial charge >= 0.3 is 0 Å². The summed E-state index contributed by atoms with van der Waals surface area (Å²) in [6.07, 6.45) is 2.22. The van der Waals surface area contributed by atoms with Gasteiger partial charge < -0.3 is 15.5 Å². The van der Waals surface area contributed by atoms with E-state index in [1.54, 1.807) is 0 Å². The van der Waals surface area contributed by atoms with E-state index in [0.717, 1.165) is 37.2 Å². The standard InChI is InChI=1S/C15H21N3O2/c1-12(19)17-14-7-3-2-6-13(14)10-16-11-15(20)18-8-4-5-9-18/h2-3,6-7,16H,4-5,8-11H2,1H3,(H,17,19). The zero-order valence-electron chi connectivity index (χ0n) is 11.8. The van der Waals surface area contributed by atoms with Gasteiger partial charge in [0, 0.05) is 32.2 Å². The summed E-state index contributed by atoms with van der Waals surface area (Å²) in [4.78, 5) is 24.9. The summed E-state index contributed by atoms with van der Waals surface area (Å²) in [6.45, 7) is 4.15. The van der Waals surface area contributed by atoms with Crippen LogP contribution in [0.4, 0.5) is 5.69 Å². The molecule has 108 valence electrons. The Hall–Kier alpha value is -1.88. The van der Waals surface area contributed by atoms with Gasteiger partial charge in [0.15, 0.2) is 0 Å². The van der Waals surface area contributed by atoms with Crippen LogP contribution in [0.2, 0.25) is 0 Å². The molecule has 20 heavy (non-hydrogen) atoms. The lowest BCUT2D eigenvalue weighted by molar-refractivity contribution is -0.129. The van der Waals surface area contributed by atoms with Crippen molar-refractivity contribution in [3.05, 3.63) is 29.8 Å². The van der Waals surface area contributed by atoms with Gasteiger partial charge in [0.05, 0.1) is 6.54 Å². The average molecular weight is 275 g/mol. The van der Waals surface area contributed by atoms with E-state index in [4.69, 9.17) is 0 Å². The van der Waals surface area contributed by atoms with E-state index in [1.165, 1.54) is 6.92 Å². The van der Waals surface area contributed by atoms with Gasteiger partial charge in [0.1, 0.15) is 0 Å². The highest BCUT2D eigenvalue weighted by Gasteiger charge is 2.17. The molecule has 0 aromatic heterocycles. The Morgan fingerprint density at radius 2 is 1.90 bits per heavy atom. The number of likely N-dealkylation sites (tertiary alicyclic amines) is 1. The molecular formula is C15H21N3O2. The van der Waals surface area contributed by atoms with E-state index in [1.807, 2.05) is 29.2 Å². The highest BCUT2D eigenvalue weighted by molar-refractivity contribution is 5.89. The minimum Gasteiger partial charge on any atom is -0.342 e. The van der Waals surface area contributed by atoms with Crippen LogP contribution in [0.15, 0.2) is 24.3 Å². The lowest BCUT2D eigenvalue weighted by Gasteiger charge is -2.16. The molecule has 0 radical (unpaired) electrons. The fourth-order valence-corrected chi connectivity index (χ4v) is 2.37. The van der Waals surface area contributed by atoms with E-state index in [9.17, 15) is 9.59 Å². The molecule has 1 aromatic carbocycles. The number of benzene rings is 1. The summed E-state index contributed by atoms with van der Waals surface area (Å²) in [5.74, 6) is 0.0603. The van der Waals surface area contributed by atoms with Crippen LogP contribution in [0.5, 0.6) is 0 Å². The largest absolute Gasteiger partial charge is 0.342 e. The second kappa shape index (κ2) is 7.05. The summed E-state index contributed by atoms with van der Waals surface area (Å²) >= 11 is 0. The number of nitrogens with one attached hydrogen (secondary N) is 2. The summed E-state index contributed by atoms with van der Waals surface area (Å²) in [6, 6.07) is 7.61. The zero-order valence-corrected chi connectivity index (χ0v) is 11.8. The minimum absolute atomic E-state index is 0.0920. The molecule has 2 N–H and O–H groups in total. The van der Waals surface area contributed by atoms with Gasteiger partial charge in [0.25, 0.3) is 0 Å². The topological polar surface area (TPSA) is 61.4 Å². The maximum atomic E-state index is 11.9. The number of anilines is 1. The zero-order chi connectivity index (χ0) is 14.4. The van der Waals surface area contributed by atoms with Crippen molar-refractivity contribution in [1.82, 2.24) is 10.2 Å². The van der Waals surface area contributed by atoms with Crippen LogP contribution >= 0.6 is 0 Å². The van der Waals surface area contributed by atoms with Crippen LogP contribution in [0, 0.1) is 0 Å². The number of amides is 2. The molecule has 1 heterocycles. The van der Waals surface area contributed by atoms with Crippen molar-refractivity contribution in [3.8, 4) is 0 Å². The van der Waals surface area contributed by atoms with Crippen molar-refractivity contribution >= 4 is 17.5 Å². The number of para-hydroxylation sites is 1. The molecule has 1 aliphatic rings. The van der Waals surface area contributed by atoms with E-state index in [0.29, 0.717) is 13.1 Å². The fourth-order valence-electron chi connectivity index (χ4n) is 2.37. The third-order valence-electron chi connectivity index (χ3n) is 3.38. The Kier molecular flexibility index (Phi) is 5.12. The summed E-state index contributed by atoms with van der Waals surface area (Å²) in [7, 11) is 0. The van der Waals surface area contributed by atoms with Crippen LogP contribution in [0.1, 0.15) is 25.3 Å². The first-order chi connectivity index (χ1) is 9.66. The van der Waals surface area contributed by atoms with Crippen molar-refractivity contribution in [2.24, 2.45) is 0 Å². The number of hydrogen-bond acceptors (Lipinski definition) is 3. The first-order valence-electron chi connectivity index (χ1n) is 7.01. The molecule has 0 saturated carbocycles. The second-order valence-electron chi connectivity index (χ2n) is 5.03. The number of hydrogen-bond donors (Lipinski definition) is 2. The Morgan fingerprint density at radius 3 is 2.60 bits per heavy atom. The highest BCUT2D eigenvalue weighted by Crippen LogP contribution is 2.14. The summed E-state index contributed by atoms with van der Waals surface area (Å²) < 4.78 is 0. The van der Waals surface area contributed by atoms with Gasteiger partial charge in [-0.25, -0.2) is 0 Å². The highest BCUT2D eigenvalue weighted by atomic mass is 16.2. The molecule has 0 spiro atoms. The molecule has 2 rings (SSSR count). The van der Waals surface area contributed by atoms with Crippen LogP contribution in [-0.2, 0) is 16.1 Å². The van der Waals surface area contributed by atoms with E-state index >= 15 is 0 Å². The quantitative estimate of drug-likeness (QED) is 0.853. The molecule has 1 fully saturated rings. The van der Waals surface area contributed by atoms with E-state index in [-0.39, 0.29) is 11.8 Å². The maximum Gasteiger partial charge on any atom is 0.236 e. The Bertz CT molecular complexity index is 482. The van der Waals surface area contributed by atoms with Crippen LogP contribution in [0.25, 0.3) is 0 Å². The number of carbonyl (C=O) groups is 2. The van der Waals surface area contributed by atoms with Gasteiger partial charge in [0.2, 0.25) is 11.8 Å². The molecule has 1 aromatic rings. The molecule has 1 aliphatic heterocycles. The molecule has 0 unspecified atom stereocenters. The lowest BCUT2D eigenvalue weighted by Crippen LogP contribution is -2.36. The van der Waals surface area contributed by atoms with Crippen molar-refractivity contribution in [2.45, 2.75) is 26.3 Å². The summed E-state index contributed by atoms with van der Waals surface area (Å²) in [5.41, 5.74) is 1.78. The first kappa shape index (κ1) is 14.5. The minimum atomic E-state index is -0.0920. The van der Waals surface area contributed by atoms with Crippen LogP contribution in [0.3, 0.4) is 0 Å². The predicted molar refractivity (Wildman–Crippen MR) is 78.3 cm³/mol. The number of carbonyl (C=O) groups excluding carboxylic acids is 2. The maximum absolute atomic E-state index is 11.9. The number of nitrogens with zero attached hydrogens (tertiary/aromatic N) is 1. The van der Waals surface area contributed by atoms with E-state index < -0.39 is 0 Å². The van der Waals surface area contributed by atoms with Crippen LogP contribution in [-0.4, -0.2) is 36.3 Å². The predicted octanol–water partition coefficient (Wildman–Crippen LogP) is 1.36. The normalized spacial score (nSPS) is 14.3. The third kappa shape index (κ3) is 4.06.